The third-order valence-corrected chi connectivity index (χ3v) is 3.78. The quantitative estimate of drug-likeness (QED) is 0.441. The van der Waals surface area contributed by atoms with Crippen LogP contribution in [-0.4, -0.2) is 11.3 Å². The van der Waals surface area contributed by atoms with Gasteiger partial charge in [-0.3, -0.25) is 0 Å². The Balaban J connectivity index is 1.65. The normalized spacial score (nSPS) is 21.4. The van der Waals surface area contributed by atoms with Gasteiger partial charge in [-0.15, -0.1) is 0 Å². The molecule has 1 aliphatic rings. The molecule has 1 fully saturated rings. The summed E-state index contributed by atoms with van der Waals surface area (Å²) in [6, 6.07) is 13.5. The summed E-state index contributed by atoms with van der Waals surface area (Å²) in [6.07, 6.45) is 1.06. The molecule has 3 rings (SSSR count). The van der Waals surface area contributed by atoms with Crippen LogP contribution in [0.3, 0.4) is 0 Å². The van der Waals surface area contributed by atoms with E-state index in [9.17, 15) is 5.11 Å². The summed E-state index contributed by atoms with van der Waals surface area (Å²) in [6.45, 7) is 1.97. The molecule has 2 aromatic rings. The molecule has 0 bridgehead atoms. The van der Waals surface area contributed by atoms with Crippen LogP contribution in [0.4, 0.5) is 11.4 Å². The second kappa shape index (κ2) is 5.63. The number of rotatable bonds is 3. The molecule has 5 heteroatoms. The fraction of sp³-hybridized carbons (Fsp3) is 0.250. The van der Waals surface area contributed by atoms with Gasteiger partial charge in [0.25, 0.3) is 0 Å². The third kappa shape index (κ3) is 3.09. The molecule has 2 atom stereocenters. The topological polar surface area (TPSA) is 82.3 Å². The SMILES string of the molecule is Cc1cc(O)ccc1NC1CC(c2ccc(N)cc2)NN1. The molecule has 0 aliphatic carbocycles. The zero-order valence-corrected chi connectivity index (χ0v) is 11.9. The Bertz CT molecular complexity index is 627. The highest BCUT2D eigenvalue weighted by molar-refractivity contribution is 5.54. The predicted molar refractivity (Wildman–Crippen MR) is 84.7 cm³/mol. The number of benzene rings is 2. The van der Waals surface area contributed by atoms with Gasteiger partial charge in [0, 0.05) is 23.8 Å². The lowest BCUT2D eigenvalue weighted by Crippen LogP contribution is -2.36. The highest BCUT2D eigenvalue weighted by Gasteiger charge is 2.24. The van der Waals surface area contributed by atoms with Crippen molar-refractivity contribution in [2.75, 3.05) is 11.1 Å². The number of nitrogens with two attached hydrogens (primary N) is 1. The first kappa shape index (κ1) is 13.7. The zero-order valence-electron chi connectivity index (χ0n) is 11.9. The molecule has 21 heavy (non-hydrogen) atoms. The molecule has 6 N–H and O–H groups in total. The first-order valence-electron chi connectivity index (χ1n) is 7.04. The van der Waals surface area contributed by atoms with Crippen molar-refractivity contribution in [3.05, 3.63) is 53.6 Å². The number of nitrogen functional groups attached to an aromatic ring is 1. The van der Waals surface area contributed by atoms with Crippen LogP contribution in [-0.2, 0) is 0 Å². The van der Waals surface area contributed by atoms with Crippen LogP contribution in [0.15, 0.2) is 42.5 Å². The van der Waals surface area contributed by atoms with Gasteiger partial charge in [0.15, 0.2) is 0 Å². The summed E-state index contributed by atoms with van der Waals surface area (Å²) in [7, 11) is 0. The summed E-state index contributed by atoms with van der Waals surface area (Å²) in [5, 5.41) is 12.9. The summed E-state index contributed by atoms with van der Waals surface area (Å²) in [5.74, 6) is 0.287. The minimum Gasteiger partial charge on any atom is -0.508 e. The van der Waals surface area contributed by atoms with E-state index in [2.05, 4.69) is 16.2 Å². The van der Waals surface area contributed by atoms with Crippen molar-refractivity contribution in [2.45, 2.75) is 25.6 Å². The van der Waals surface area contributed by atoms with E-state index in [-0.39, 0.29) is 18.0 Å². The molecule has 5 nitrogen and oxygen atoms in total. The molecule has 2 aromatic carbocycles. The van der Waals surface area contributed by atoms with Crippen molar-refractivity contribution in [1.82, 2.24) is 10.9 Å². The van der Waals surface area contributed by atoms with E-state index >= 15 is 0 Å². The minimum absolute atomic E-state index is 0.135. The Morgan fingerprint density at radius 1 is 1.14 bits per heavy atom. The zero-order chi connectivity index (χ0) is 14.8. The summed E-state index contributed by atoms with van der Waals surface area (Å²) >= 11 is 0. The minimum atomic E-state index is 0.135. The van der Waals surface area contributed by atoms with Crippen LogP contribution in [0.1, 0.15) is 23.6 Å². The number of hydrazine groups is 1. The molecule has 0 radical (unpaired) electrons. The molecule has 1 aliphatic heterocycles. The van der Waals surface area contributed by atoms with Crippen LogP contribution in [0.5, 0.6) is 5.75 Å². The van der Waals surface area contributed by atoms with E-state index in [1.54, 1.807) is 12.1 Å². The van der Waals surface area contributed by atoms with Crippen LogP contribution in [0, 0.1) is 6.92 Å². The van der Waals surface area contributed by atoms with Crippen LogP contribution in [0.2, 0.25) is 0 Å². The summed E-state index contributed by atoms with van der Waals surface area (Å²) in [4.78, 5) is 0. The van der Waals surface area contributed by atoms with Gasteiger partial charge in [-0.1, -0.05) is 12.1 Å². The van der Waals surface area contributed by atoms with Crippen molar-refractivity contribution in [2.24, 2.45) is 0 Å². The van der Waals surface area contributed by atoms with Crippen molar-refractivity contribution in [3.63, 3.8) is 0 Å². The molecule has 1 saturated heterocycles. The fourth-order valence-corrected chi connectivity index (χ4v) is 2.59. The average molecular weight is 284 g/mol. The molecule has 0 amide bonds. The average Bonchev–Trinajstić information content (AvgIpc) is 2.91. The van der Waals surface area contributed by atoms with E-state index in [1.165, 1.54) is 5.56 Å². The molecule has 1 heterocycles. The van der Waals surface area contributed by atoms with E-state index in [1.807, 2.05) is 37.3 Å². The lowest BCUT2D eigenvalue weighted by Gasteiger charge is -2.16. The molecular weight excluding hydrogens is 264 g/mol. The van der Waals surface area contributed by atoms with Crippen molar-refractivity contribution in [1.29, 1.82) is 0 Å². The van der Waals surface area contributed by atoms with E-state index in [0.29, 0.717) is 0 Å². The Hall–Kier alpha value is -2.24. The Kier molecular flexibility index (Phi) is 3.68. The smallest absolute Gasteiger partial charge is 0.115 e. The van der Waals surface area contributed by atoms with Gasteiger partial charge in [-0.25, -0.2) is 10.9 Å². The van der Waals surface area contributed by atoms with Gasteiger partial charge < -0.3 is 16.2 Å². The monoisotopic (exact) mass is 284 g/mol. The summed E-state index contributed by atoms with van der Waals surface area (Å²) < 4.78 is 0. The van der Waals surface area contributed by atoms with Crippen molar-refractivity contribution >= 4 is 11.4 Å². The second-order valence-corrected chi connectivity index (χ2v) is 5.44. The highest BCUT2D eigenvalue weighted by Crippen LogP contribution is 2.26. The second-order valence-electron chi connectivity index (χ2n) is 5.44. The number of aryl methyl sites for hydroxylation is 1. The van der Waals surface area contributed by atoms with E-state index in [0.717, 1.165) is 23.4 Å². The Morgan fingerprint density at radius 3 is 2.62 bits per heavy atom. The Morgan fingerprint density at radius 2 is 1.90 bits per heavy atom. The number of aromatic hydroxyl groups is 1. The number of phenols is 1. The first-order chi connectivity index (χ1) is 10.1. The molecule has 2 unspecified atom stereocenters. The molecule has 0 spiro atoms. The number of anilines is 2. The van der Waals surface area contributed by atoms with Crippen molar-refractivity contribution in [3.8, 4) is 5.75 Å². The molecule has 110 valence electrons. The number of nitrogens with one attached hydrogen (secondary N) is 3. The fourth-order valence-electron chi connectivity index (χ4n) is 2.59. The lowest BCUT2D eigenvalue weighted by molar-refractivity contribution is 0.475. The maximum atomic E-state index is 9.45. The number of hydrogen-bond donors (Lipinski definition) is 5. The Labute approximate surface area is 124 Å². The lowest BCUT2D eigenvalue weighted by atomic mass is 10.0. The number of phenolic OH excluding ortho intramolecular Hbond substituents is 1. The summed E-state index contributed by atoms with van der Waals surface area (Å²) in [5.41, 5.74) is 16.3. The van der Waals surface area contributed by atoms with Crippen LogP contribution in [0.25, 0.3) is 0 Å². The van der Waals surface area contributed by atoms with Gasteiger partial charge in [-0.05, 0) is 48.4 Å². The van der Waals surface area contributed by atoms with Gasteiger partial charge >= 0.3 is 0 Å². The van der Waals surface area contributed by atoms with Gasteiger partial charge in [-0.2, -0.15) is 0 Å². The maximum absolute atomic E-state index is 9.45. The van der Waals surface area contributed by atoms with Gasteiger partial charge in [0.05, 0.1) is 6.17 Å². The van der Waals surface area contributed by atoms with E-state index < -0.39 is 0 Å². The van der Waals surface area contributed by atoms with Gasteiger partial charge in [0.2, 0.25) is 0 Å². The standard InChI is InChI=1S/C16H20N4O/c1-10-8-13(21)6-7-14(10)18-16-9-15(19-20-16)11-2-4-12(17)5-3-11/h2-8,15-16,18-21H,9,17H2,1H3. The predicted octanol–water partition coefficient (Wildman–Crippen LogP) is 2.26. The molecular formula is C16H20N4O. The van der Waals surface area contributed by atoms with Crippen molar-refractivity contribution < 1.29 is 5.11 Å². The maximum Gasteiger partial charge on any atom is 0.115 e. The molecule has 0 aromatic heterocycles. The largest absolute Gasteiger partial charge is 0.508 e. The van der Waals surface area contributed by atoms with Gasteiger partial charge in [0.1, 0.15) is 5.75 Å². The van der Waals surface area contributed by atoms with E-state index in [4.69, 9.17) is 5.73 Å². The highest BCUT2D eigenvalue weighted by atomic mass is 16.3. The van der Waals surface area contributed by atoms with Crippen LogP contribution >= 0.6 is 0 Å². The number of hydrogen-bond acceptors (Lipinski definition) is 5. The molecule has 0 saturated carbocycles. The first-order valence-corrected chi connectivity index (χ1v) is 7.04. The third-order valence-electron chi connectivity index (χ3n) is 3.78. The van der Waals surface area contributed by atoms with Crippen LogP contribution < -0.4 is 21.9 Å².